The average Bonchev–Trinajstić information content (AvgIpc) is 2.95. The molecule has 1 fully saturated rings. The number of hydrogen-bond donors (Lipinski definition) is 1. The number of hydrogen-bond acceptors (Lipinski definition) is 3. The maximum Gasteiger partial charge on any atom is 0.0946 e. The summed E-state index contributed by atoms with van der Waals surface area (Å²) in [5.41, 5.74) is 0.751. The smallest absolute Gasteiger partial charge is 0.0946 e. The molecular weight excluding hydrogens is 250 g/mol. The molecule has 1 N–H and O–H groups in total. The zero-order chi connectivity index (χ0) is 13.8. The monoisotopic (exact) mass is 271 g/mol. The van der Waals surface area contributed by atoms with E-state index in [1.54, 1.807) is 12.5 Å². The number of piperidine rings is 1. The molecule has 2 heterocycles. The number of imidazole rings is 1. The molecule has 0 radical (unpaired) electrons. The summed E-state index contributed by atoms with van der Waals surface area (Å²) in [6, 6.07) is 10.5. The van der Waals surface area contributed by atoms with E-state index in [-0.39, 0.29) is 0 Å². The Hall–Kier alpha value is -1.65. The lowest BCUT2D eigenvalue weighted by Crippen LogP contribution is -2.46. The van der Waals surface area contributed by atoms with E-state index in [0.717, 1.165) is 32.5 Å². The first-order valence-electron chi connectivity index (χ1n) is 7.18. The van der Waals surface area contributed by atoms with Crippen LogP contribution in [0.4, 0.5) is 0 Å². The Morgan fingerprint density at radius 2 is 1.90 bits per heavy atom. The highest BCUT2D eigenvalue weighted by Gasteiger charge is 2.32. The van der Waals surface area contributed by atoms with E-state index in [1.807, 2.05) is 16.8 Å². The molecule has 0 spiro atoms. The van der Waals surface area contributed by atoms with Crippen molar-refractivity contribution in [3.05, 3.63) is 54.6 Å². The van der Waals surface area contributed by atoms with Crippen LogP contribution in [0.5, 0.6) is 0 Å². The van der Waals surface area contributed by atoms with Crippen molar-refractivity contribution in [3.8, 4) is 0 Å². The molecule has 1 aromatic carbocycles. The molecule has 106 valence electrons. The van der Waals surface area contributed by atoms with Crippen LogP contribution >= 0.6 is 0 Å². The molecule has 20 heavy (non-hydrogen) atoms. The first-order valence-corrected chi connectivity index (χ1v) is 7.18. The second-order valence-electron chi connectivity index (χ2n) is 5.72. The summed E-state index contributed by atoms with van der Waals surface area (Å²) < 4.78 is 1.97. The molecule has 0 bridgehead atoms. The lowest BCUT2D eigenvalue weighted by molar-refractivity contribution is -0.0357. The summed E-state index contributed by atoms with van der Waals surface area (Å²) >= 11 is 0. The van der Waals surface area contributed by atoms with Gasteiger partial charge in [-0.3, -0.25) is 4.90 Å². The Morgan fingerprint density at radius 1 is 1.15 bits per heavy atom. The first-order chi connectivity index (χ1) is 9.73. The van der Waals surface area contributed by atoms with E-state index < -0.39 is 5.60 Å². The van der Waals surface area contributed by atoms with Gasteiger partial charge in [0.15, 0.2) is 0 Å². The van der Waals surface area contributed by atoms with E-state index in [0.29, 0.717) is 6.54 Å². The first kappa shape index (κ1) is 13.3. The molecule has 1 aliphatic heterocycles. The van der Waals surface area contributed by atoms with Crippen molar-refractivity contribution >= 4 is 0 Å². The van der Waals surface area contributed by atoms with Crippen molar-refractivity contribution in [2.45, 2.75) is 31.5 Å². The number of rotatable bonds is 4. The van der Waals surface area contributed by atoms with Crippen LogP contribution in [0.2, 0.25) is 0 Å². The van der Waals surface area contributed by atoms with Gasteiger partial charge in [0.05, 0.1) is 18.5 Å². The number of aromatic nitrogens is 2. The summed E-state index contributed by atoms with van der Waals surface area (Å²) in [4.78, 5) is 6.45. The molecule has 0 unspecified atom stereocenters. The molecule has 0 amide bonds. The van der Waals surface area contributed by atoms with Crippen LogP contribution in [0.3, 0.4) is 0 Å². The summed E-state index contributed by atoms with van der Waals surface area (Å²) in [5.74, 6) is 0. The predicted octanol–water partition coefficient (Wildman–Crippen LogP) is 1.91. The van der Waals surface area contributed by atoms with E-state index in [9.17, 15) is 5.11 Å². The topological polar surface area (TPSA) is 41.3 Å². The minimum atomic E-state index is -0.589. The second kappa shape index (κ2) is 5.77. The van der Waals surface area contributed by atoms with Crippen LogP contribution in [0.25, 0.3) is 0 Å². The molecule has 4 heteroatoms. The molecule has 0 aliphatic carbocycles. The largest absolute Gasteiger partial charge is 0.388 e. The third-order valence-corrected chi connectivity index (χ3v) is 4.07. The van der Waals surface area contributed by atoms with Crippen LogP contribution in [0.1, 0.15) is 18.4 Å². The maximum absolute atomic E-state index is 10.7. The number of aliphatic hydroxyl groups is 1. The number of nitrogens with zero attached hydrogens (tertiary/aromatic N) is 3. The third-order valence-electron chi connectivity index (χ3n) is 4.07. The highest BCUT2D eigenvalue weighted by molar-refractivity contribution is 5.14. The van der Waals surface area contributed by atoms with Crippen molar-refractivity contribution in [2.75, 3.05) is 13.1 Å². The van der Waals surface area contributed by atoms with Crippen molar-refractivity contribution < 1.29 is 5.11 Å². The third kappa shape index (κ3) is 3.26. The van der Waals surface area contributed by atoms with Gasteiger partial charge in [-0.2, -0.15) is 0 Å². The van der Waals surface area contributed by atoms with E-state index >= 15 is 0 Å². The van der Waals surface area contributed by atoms with Gasteiger partial charge in [0, 0.05) is 32.0 Å². The quantitative estimate of drug-likeness (QED) is 0.923. The molecule has 0 saturated carbocycles. The lowest BCUT2D eigenvalue weighted by Gasteiger charge is -2.38. The highest BCUT2D eigenvalue weighted by Crippen LogP contribution is 2.25. The Labute approximate surface area is 119 Å². The van der Waals surface area contributed by atoms with Crippen LogP contribution in [0.15, 0.2) is 49.1 Å². The minimum Gasteiger partial charge on any atom is -0.388 e. The molecular formula is C16H21N3O. The van der Waals surface area contributed by atoms with Crippen molar-refractivity contribution in [1.82, 2.24) is 14.5 Å². The average molecular weight is 271 g/mol. The zero-order valence-corrected chi connectivity index (χ0v) is 11.7. The summed E-state index contributed by atoms with van der Waals surface area (Å²) in [6.45, 7) is 3.51. The maximum atomic E-state index is 10.7. The molecule has 4 nitrogen and oxygen atoms in total. The molecule has 0 atom stereocenters. The fraction of sp³-hybridized carbons (Fsp3) is 0.438. The van der Waals surface area contributed by atoms with Gasteiger partial charge in [-0.15, -0.1) is 0 Å². The Morgan fingerprint density at radius 3 is 2.55 bits per heavy atom. The summed E-state index contributed by atoms with van der Waals surface area (Å²) in [6.07, 6.45) is 7.08. The van der Waals surface area contributed by atoms with Gasteiger partial charge in [0.2, 0.25) is 0 Å². The Kier molecular flexibility index (Phi) is 3.85. The van der Waals surface area contributed by atoms with Crippen molar-refractivity contribution in [1.29, 1.82) is 0 Å². The minimum absolute atomic E-state index is 0.589. The van der Waals surface area contributed by atoms with Crippen molar-refractivity contribution in [2.24, 2.45) is 0 Å². The number of likely N-dealkylation sites (tertiary alicyclic amines) is 1. The van der Waals surface area contributed by atoms with Crippen LogP contribution in [-0.2, 0) is 13.1 Å². The van der Waals surface area contributed by atoms with E-state index in [1.165, 1.54) is 5.56 Å². The highest BCUT2D eigenvalue weighted by atomic mass is 16.3. The molecule has 2 aromatic rings. The van der Waals surface area contributed by atoms with Crippen LogP contribution in [-0.4, -0.2) is 38.2 Å². The fourth-order valence-corrected chi connectivity index (χ4v) is 2.85. The van der Waals surface area contributed by atoms with Gasteiger partial charge in [-0.1, -0.05) is 30.3 Å². The second-order valence-corrected chi connectivity index (χ2v) is 5.72. The lowest BCUT2D eigenvalue weighted by atomic mass is 9.91. The van der Waals surface area contributed by atoms with E-state index in [2.05, 4.69) is 34.1 Å². The summed E-state index contributed by atoms with van der Waals surface area (Å²) in [7, 11) is 0. The molecule has 3 rings (SSSR count). The van der Waals surface area contributed by atoms with E-state index in [4.69, 9.17) is 0 Å². The van der Waals surface area contributed by atoms with Gasteiger partial charge in [-0.25, -0.2) is 4.98 Å². The van der Waals surface area contributed by atoms with Gasteiger partial charge >= 0.3 is 0 Å². The van der Waals surface area contributed by atoms with Gasteiger partial charge < -0.3 is 9.67 Å². The fourth-order valence-electron chi connectivity index (χ4n) is 2.85. The molecule has 1 aliphatic rings. The summed E-state index contributed by atoms with van der Waals surface area (Å²) in [5, 5.41) is 10.7. The van der Waals surface area contributed by atoms with Gasteiger partial charge in [0.1, 0.15) is 0 Å². The van der Waals surface area contributed by atoms with Gasteiger partial charge in [0.25, 0.3) is 0 Å². The van der Waals surface area contributed by atoms with Crippen LogP contribution < -0.4 is 0 Å². The Bertz CT molecular complexity index is 516. The SMILES string of the molecule is OC1(Cn2ccnc2)CCN(Cc2ccccc2)CC1. The van der Waals surface area contributed by atoms with Crippen LogP contribution in [0, 0.1) is 0 Å². The Balaban J connectivity index is 1.54. The zero-order valence-electron chi connectivity index (χ0n) is 11.7. The molecule has 1 aromatic heterocycles. The standard InChI is InChI=1S/C16H21N3O/c20-16(13-19-11-8-17-14-19)6-9-18(10-7-16)12-15-4-2-1-3-5-15/h1-5,8,11,14,20H,6-7,9-10,12-13H2. The predicted molar refractivity (Wildman–Crippen MR) is 78.1 cm³/mol. The normalized spacial score (nSPS) is 19.1. The van der Waals surface area contributed by atoms with Gasteiger partial charge in [-0.05, 0) is 18.4 Å². The van der Waals surface area contributed by atoms with Crippen molar-refractivity contribution in [3.63, 3.8) is 0 Å². The number of benzene rings is 1. The molecule has 1 saturated heterocycles.